The lowest BCUT2D eigenvalue weighted by atomic mass is 9.98. The molecule has 124 valence electrons. The van der Waals surface area contributed by atoms with Crippen molar-refractivity contribution in [2.24, 2.45) is 0 Å². The molecular weight excluding hydrogens is 310 g/mol. The zero-order valence-electron chi connectivity index (χ0n) is 13.8. The van der Waals surface area contributed by atoms with Gasteiger partial charge in [-0.2, -0.15) is 0 Å². The summed E-state index contributed by atoms with van der Waals surface area (Å²) in [5.41, 5.74) is 2.83. The van der Waals surface area contributed by atoms with E-state index in [2.05, 4.69) is 5.32 Å². The molecule has 0 fully saturated rings. The van der Waals surface area contributed by atoms with Crippen LogP contribution in [0.15, 0.2) is 84.9 Å². The van der Waals surface area contributed by atoms with Crippen LogP contribution in [0, 0.1) is 0 Å². The molecule has 1 N–H and O–H groups in total. The Bertz CT molecular complexity index is 857. The number of carbonyl (C=O) groups excluding carboxylic acids is 2. The summed E-state index contributed by atoms with van der Waals surface area (Å²) in [7, 11) is 0. The smallest absolute Gasteiger partial charge is 0.252 e. The first-order valence-corrected chi connectivity index (χ1v) is 8.22. The van der Waals surface area contributed by atoms with E-state index >= 15 is 0 Å². The lowest BCUT2D eigenvalue weighted by Crippen LogP contribution is -2.25. The van der Waals surface area contributed by atoms with Crippen molar-refractivity contribution in [2.45, 2.75) is 13.0 Å². The van der Waals surface area contributed by atoms with Crippen LogP contribution in [0.4, 0.5) is 0 Å². The molecule has 3 heteroatoms. The number of hydrogen-bond acceptors (Lipinski definition) is 2. The molecule has 0 spiro atoms. The van der Waals surface area contributed by atoms with Crippen LogP contribution >= 0.6 is 0 Å². The van der Waals surface area contributed by atoms with Gasteiger partial charge in [0.2, 0.25) is 0 Å². The highest BCUT2D eigenvalue weighted by Crippen LogP contribution is 2.13. The maximum absolute atomic E-state index is 12.6. The molecule has 0 aliphatic carbocycles. The summed E-state index contributed by atoms with van der Waals surface area (Å²) >= 11 is 0. The molecule has 1 amide bonds. The lowest BCUT2D eigenvalue weighted by molar-refractivity contribution is 0.0932. The number of amides is 1. The van der Waals surface area contributed by atoms with E-state index in [9.17, 15) is 9.59 Å². The maximum atomic E-state index is 12.6. The average molecular weight is 329 g/mol. The maximum Gasteiger partial charge on any atom is 0.252 e. The normalized spacial score (nSPS) is 10.2. The third-order valence-corrected chi connectivity index (χ3v) is 3.98. The molecule has 0 bridgehead atoms. The monoisotopic (exact) mass is 329 g/mol. The van der Waals surface area contributed by atoms with E-state index in [0.717, 1.165) is 11.1 Å². The lowest BCUT2D eigenvalue weighted by Gasteiger charge is -2.10. The molecule has 0 radical (unpaired) electrons. The summed E-state index contributed by atoms with van der Waals surface area (Å²) in [4.78, 5) is 25.2. The summed E-state index contributed by atoms with van der Waals surface area (Å²) in [6.45, 7) is 0.431. The molecule has 3 nitrogen and oxygen atoms in total. The van der Waals surface area contributed by atoms with Gasteiger partial charge in [0, 0.05) is 18.5 Å². The second-order valence-electron chi connectivity index (χ2n) is 5.80. The van der Waals surface area contributed by atoms with Crippen LogP contribution in [0.25, 0.3) is 0 Å². The number of Topliss-reactive ketones (excluding diaryl/α,β-unsaturated/α-hetero) is 1. The number of carbonyl (C=O) groups is 2. The van der Waals surface area contributed by atoms with Crippen molar-refractivity contribution in [1.82, 2.24) is 5.32 Å². The summed E-state index contributed by atoms with van der Waals surface area (Å²) in [6.07, 6.45) is 0.282. The van der Waals surface area contributed by atoms with Crippen LogP contribution in [-0.2, 0) is 13.0 Å². The van der Waals surface area contributed by atoms with E-state index < -0.39 is 0 Å². The Kier molecular flexibility index (Phi) is 5.37. The fourth-order valence-corrected chi connectivity index (χ4v) is 2.67. The Morgan fingerprint density at radius 3 is 1.80 bits per heavy atom. The van der Waals surface area contributed by atoms with Crippen molar-refractivity contribution in [3.8, 4) is 0 Å². The molecule has 3 aromatic rings. The van der Waals surface area contributed by atoms with Gasteiger partial charge in [-0.15, -0.1) is 0 Å². The minimum absolute atomic E-state index is 0.0586. The number of rotatable bonds is 6. The minimum Gasteiger partial charge on any atom is -0.348 e. The van der Waals surface area contributed by atoms with E-state index in [1.807, 2.05) is 60.7 Å². The topological polar surface area (TPSA) is 46.2 Å². The van der Waals surface area contributed by atoms with E-state index in [-0.39, 0.29) is 18.1 Å². The minimum atomic E-state index is -0.235. The Balaban J connectivity index is 1.73. The van der Waals surface area contributed by atoms with E-state index in [1.54, 1.807) is 24.3 Å². The quantitative estimate of drug-likeness (QED) is 0.694. The van der Waals surface area contributed by atoms with Gasteiger partial charge in [0.15, 0.2) is 5.78 Å². The van der Waals surface area contributed by atoms with Crippen molar-refractivity contribution >= 4 is 11.7 Å². The van der Waals surface area contributed by atoms with Crippen LogP contribution in [0.5, 0.6) is 0 Å². The second-order valence-corrected chi connectivity index (χ2v) is 5.80. The molecule has 0 saturated carbocycles. The van der Waals surface area contributed by atoms with E-state index in [0.29, 0.717) is 17.7 Å². The molecule has 0 aliphatic heterocycles. The molecule has 0 unspecified atom stereocenters. The van der Waals surface area contributed by atoms with Crippen molar-refractivity contribution < 1.29 is 9.59 Å². The van der Waals surface area contributed by atoms with Gasteiger partial charge in [-0.25, -0.2) is 0 Å². The van der Waals surface area contributed by atoms with Crippen molar-refractivity contribution in [3.05, 3.63) is 107 Å². The van der Waals surface area contributed by atoms with Gasteiger partial charge in [-0.1, -0.05) is 78.9 Å². The Labute approximate surface area is 147 Å². The fourth-order valence-electron chi connectivity index (χ4n) is 2.67. The van der Waals surface area contributed by atoms with Gasteiger partial charge >= 0.3 is 0 Å². The van der Waals surface area contributed by atoms with Crippen molar-refractivity contribution in [2.75, 3.05) is 0 Å². The zero-order valence-corrected chi connectivity index (χ0v) is 13.8. The van der Waals surface area contributed by atoms with Crippen LogP contribution in [0.1, 0.15) is 31.8 Å². The number of ketones is 1. The van der Waals surface area contributed by atoms with Gasteiger partial charge in [-0.05, 0) is 17.2 Å². The summed E-state index contributed by atoms with van der Waals surface area (Å²) in [5.74, 6) is -0.294. The highest BCUT2D eigenvalue weighted by molar-refractivity contribution is 6.08. The van der Waals surface area contributed by atoms with Crippen molar-refractivity contribution in [3.63, 3.8) is 0 Å². The number of hydrogen-bond donors (Lipinski definition) is 1. The summed E-state index contributed by atoms with van der Waals surface area (Å²) in [6, 6.07) is 26.2. The second kappa shape index (κ2) is 8.06. The number of benzene rings is 3. The highest BCUT2D eigenvalue weighted by Gasteiger charge is 2.16. The molecule has 0 atom stereocenters. The van der Waals surface area contributed by atoms with Crippen LogP contribution in [0.2, 0.25) is 0 Å². The van der Waals surface area contributed by atoms with Crippen LogP contribution in [-0.4, -0.2) is 11.7 Å². The largest absolute Gasteiger partial charge is 0.348 e. The third kappa shape index (κ3) is 4.42. The molecule has 0 aromatic heterocycles. The first kappa shape index (κ1) is 16.7. The van der Waals surface area contributed by atoms with Gasteiger partial charge < -0.3 is 5.32 Å². The average Bonchev–Trinajstić information content (AvgIpc) is 2.67. The molecule has 0 heterocycles. The van der Waals surface area contributed by atoms with Crippen LogP contribution in [0.3, 0.4) is 0 Å². The Morgan fingerprint density at radius 1 is 0.640 bits per heavy atom. The van der Waals surface area contributed by atoms with E-state index in [4.69, 9.17) is 0 Å². The van der Waals surface area contributed by atoms with Crippen molar-refractivity contribution in [1.29, 1.82) is 0 Å². The molecular formula is C22H19NO2. The van der Waals surface area contributed by atoms with Gasteiger partial charge in [-0.3, -0.25) is 9.59 Å². The predicted octanol–water partition coefficient (Wildman–Crippen LogP) is 4.04. The van der Waals surface area contributed by atoms with Gasteiger partial charge in [0.05, 0.1) is 5.56 Å². The molecule has 3 rings (SSSR count). The fraction of sp³-hybridized carbons (Fsp3) is 0.0909. The predicted molar refractivity (Wildman–Crippen MR) is 98.5 cm³/mol. The van der Waals surface area contributed by atoms with Gasteiger partial charge in [0.25, 0.3) is 5.91 Å². The van der Waals surface area contributed by atoms with Crippen LogP contribution < -0.4 is 5.32 Å². The van der Waals surface area contributed by atoms with Gasteiger partial charge in [0.1, 0.15) is 0 Å². The SMILES string of the molecule is O=C(Cc1ccccc1)c1ccccc1C(=O)NCc1ccccc1. The summed E-state index contributed by atoms with van der Waals surface area (Å²) in [5, 5.41) is 2.88. The zero-order chi connectivity index (χ0) is 17.5. The molecule has 3 aromatic carbocycles. The Morgan fingerprint density at radius 2 is 1.16 bits per heavy atom. The molecule has 25 heavy (non-hydrogen) atoms. The third-order valence-electron chi connectivity index (χ3n) is 3.98. The summed E-state index contributed by atoms with van der Waals surface area (Å²) < 4.78 is 0. The molecule has 0 saturated heterocycles. The first-order chi connectivity index (χ1) is 12.2. The highest BCUT2D eigenvalue weighted by atomic mass is 16.2. The molecule has 0 aliphatic rings. The Hall–Kier alpha value is -3.20. The standard InChI is InChI=1S/C22H19NO2/c24-21(15-17-9-3-1-4-10-17)19-13-7-8-14-20(19)22(25)23-16-18-11-5-2-6-12-18/h1-14H,15-16H2,(H,23,25). The van der Waals surface area contributed by atoms with E-state index in [1.165, 1.54) is 0 Å². The first-order valence-electron chi connectivity index (χ1n) is 8.22. The number of nitrogens with one attached hydrogen (secondary N) is 1.